The number of carboxylic acids is 1. The van der Waals surface area contributed by atoms with E-state index in [0.29, 0.717) is 23.3 Å². The van der Waals surface area contributed by atoms with Crippen LogP contribution in [-0.4, -0.2) is 34.3 Å². The van der Waals surface area contributed by atoms with E-state index in [4.69, 9.17) is 15.6 Å². The zero-order chi connectivity index (χ0) is 15.4. The summed E-state index contributed by atoms with van der Waals surface area (Å²) < 4.78 is 6.57. The largest absolute Gasteiger partial charge is 0.496 e. The van der Waals surface area contributed by atoms with Crippen LogP contribution in [0.3, 0.4) is 0 Å². The third-order valence-electron chi connectivity index (χ3n) is 3.05. The van der Waals surface area contributed by atoms with Gasteiger partial charge in [0.05, 0.1) is 25.6 Å². The highest BCUT2D eigenvalue weighted by Crippen LogP contribution is 2.32. The molecule has 2 rings (SSSR count). The summed E-state index contributed by atoms with van der Waals surface area (Å²) in [6.07, 6.45) is 0.483. The Morgan fingerprint density at radius 2 is 2.19 bits per heavy atom. The number of anilines is 1. The number of carbonyl (C=O) groups excluding carboxylic acids is 1. The minimum absolute atomic E-state index is 0.0944. The molecular weight excluding hydrogens is 274 g/mol. The molecule has 0 bridgehead atoms. The van der Waals surface area contributed by atoms with Crippen molar-refractivity contribution in [3.8, 4) is 17.0 Å². The minimum Gasteiger partial charge on any atom is -0.496 e. The highest BCUT2D eigenvalue weighted by Gasteiger charge is 2.19. The van der Waals surface area contributed by atoms with Gasteiger partial charge in [-0.3, -0.25) is 9.59 Å². The molecule has 1 aromatic heterocycles. The SMILES string of the molecule is COc1ccccc1-c1nn(CCC(=O)O)c(N)c1C=O. The predicted molar refractivity (Wildman–Crippen MR) is 76.3 cm³/mol. The van der Waals surface area contributed by atoms with E-state index in [1.807, 2.05) is 0 Å². The van der Waals surface area contributed by atoms with Crippen molar-refractivity contribution in [3.05, 3.63) is 29.8 Å². The molecule has 0 saturated heterocycles. The Hall–Kier alpha value is -2.83. The van der Waals surface area contributed by atoms with Crippen LogP contribution >= 0.6 is 0 Å². The molecule has 0 aliphatic heterocycles. The normalized spacial score (nSPS) is 10.3. The van der Waals surface area contributed by atoms with Crippen LogP contribution in [0.4, 0.5) is 5.82 Å². The highest BCUT2D eigenvalue weighted by molar-refractivity contribution is 5.92. The second-order valence-corrected chi connectivity index (χ2v) is 4.33. The van der Waals surface area contributed by atoms with Gasteiger partial charge in [0.2, 0.25) is 0 Å². The number of carbonyl (C=O) groups is 2. The zero-order valence-corrected chi connectivity index (χ0v) is 11.4. The van der Waals surface area contributed by atoms with Gasteiger partial charge in [-0.05, 0) is 12.1 Å². The van der Waals surface area contributed by atoms with Crippen molar-refractivity contribution >= 4 is 18.1 Å². The molecule has 1 aromatic carbocycles. The molecule has 2 aromatic rings. The Labute approximate surface area is 120 Å². The summed E-state index contributed by atoms with van der Waals surface area (Å²) in [7, 11) is 1.52. The van der Waals surface area contributed by atoms with Gasteiger partial charge in [-0.15, -0.1) is 0 Å². The molecule has 0 aliphatic rings. The average molecular weight is 289 g/mol. The summed E-state index contributed by atoms with van der Waals surface area (Å²) in [5, 5.41) is 13.0. The molecule has 0 amide bonds. The van der Waals surface area contributed by atoms with Gasteiger partial charge >= 0.3 is 5.97 Å². The molecule has 1 heterocycles. The number of para-hydroxylation sites is 1. The number of methoxy groups -OCH3 is 1. The number of nitrogen functional groups attached to an aromatic ring is 1. The molecule has 0 radical (unpaired) electrons. The van der Waals surface area contributed by atoms with Gasteiger partial charge in [-0.2, -0.15) is 5.10 Å². The summed E-state index contributed by atoms with van der Waals surface area (Å²) in [4.78, 5) is 21.9. The minimum atomic E-state index is -0.962. The van der Waals surface area contributed by atoms with Crippen LogP contribution in [0.5, 0.6) is 5.75 Å². The number of benzene rings is 1. The lowest BCUT2D eigenvalue weighted by molar-refractivity contribution is -0.137. The number of aliphatic carboxylic acids is 1. The number of aryl methyl sites for hydroxylation is 1. The first-order chi connectivity index (χ1) is 10.1. The number of aromatic nitrogens is 2. The van der Waals surface area contributed by atoms with Crippen LogP contribution in [0, 0.1) is 0 Å². The maximum Gasteiger partial charge on any atom is 0.305 e. The third-order valence-corrected chi connectivity index (χ3v) is 3.05. The van der Waals surface area contributed by atoms with E-state index in [0.717, 1.165) is 0 Å². The van der Waals surface area contributed by atoms with E-state index >= 15 is 0 Å². The van der Waals surface area contributed by atoms with Crippen molar-refractivity contribution in [3.63, 3.8) is 0 Å². The molecule has 110 valence electrons. The van der Waals surface area contributed by atoms with Gasteiger partial charge in [-0.25, -0.2) is 4.68 Å². The highest BCUT2D eigenvalue weighted by atomic mass is 16.5. The molecule has 0 atom stereocenters. The summed E-state index contributed by atoms with van der Waals surface area (Å²) in [6, 6.07) is 7.10. The Morgan fingerprint density at radius 3 is 2.81 bits per heavy atom. The lowest BCUT2D eigenvalue weighted by Crippen LogP contribution is -2.09. The number of aldehydes is 1. The second kappa shape index (κ2) is 6.08. The number of nitrogens with two attached hydrogens (primary N) is 1. The molecule has 0 spiro atoms. The molecule has 7 heteroatoms. The maximum atomic E-state index is 11.3. The molecule has 0 saturated carbocycles. The summed E-state index contributed by atoms with van der Waals surface area (Å²) in [5.41, 5.74) is 7.10. The second-order valence-electron chi connectivity index (χ2n) is 4.33. The number of hydrogen-bond acceptors (Lipinski definition) is 5. The van der Waals surface area contributed by atoms with Gasteiger partial charge in [0.15, 0.2) is 6.29 Å². The summed E-state index contributed by atoms with van der Waals surface area (Å²) >= 11 is 0. The van der Waals surface area contributed by atoms with E-state index in [1.54, 1.807) is 24.3 Å². The van der Waals surface area contributed by atoms with Crippen molar-refractivity contribution in [2.24, 2.45) is 0 Å². The lowest BCUT2D eigenvalue weighted by Gasteiger charge is -2.05. The van der Waals surface area contributed by atoms with Crippen LogP contribution in [0.2, 0.25) is 0 Å². The Bertz CT molecular complexity index is 679. The predicted octanol–water partition coefficient (Wildman–Crippen LogP) is 1.43. The van der Waals surface area contributed by atoms with E-state index in [1.165, 1.54) is 11.8 Å². The van der Waals surface area contributed by atoms with Crippen molar-refractivity contribution < 1.29 is 19.4 Å². The molecule has 3 N–H and O–H groups in total. The monoisotopic (exact) mass is 289 g/mol. The molecule has 21 heavy (non-hydrogen) atoms. The fraction of sp³-hybridized carbons (Fsp3) is 0.214. The van der Waals surface area contributed by atoms with Gasteiger partial charge in [0.25, 0.3) is 0 Å². The number of nitrogens with zero attached hydrogens (tertiary/aromatic N) is 2. The fourth-order valence-corrected chi connectivity index (χ4v) is 2.02. The first-order valence-electron chi connectivity index (χ1n) is 6.25. The molecule has 0 unspecified atom stereocenters. The fourth-order valence-electron chi connectivity index (χ4n) is 2.02. The topological polar surface area (TPSA) is 107 Å². The Morgan fingerprint density at radius 1 is 1.48 bits per heavy atom. The van der Waals surface area contributed by atoms with Gasteiger partial charge in [0, 0.05) is 5.56 Å². The molecule has 0 fully saturated rings. The van der Waals surface area contributed by atoms with Crippen molar-refractivity contribution in [2.45, 2.75) is 13.0 Å². The van der Waals surface area contributed by atoms with Gasteiger partial charge < -0.3 is 15.6 Å². The zero-order valence-electron chi connectivity index (χ0n) is 11.4. The van der Waals surface area contributed by atoms with Crippen LogP contribution in [0.25, 0.3) is 11.3 Å². The maximum absolute atomic E-state index is 11.3. The van der Waals surface area contributed by atoms with Gasteiger partial charge in [0.1, 0.15) is 17.3 Å². The third kappa shape index (κ3) is 2.86. The standard InChI is InChI=1S/C14H15N3O4/c1-21-11-5-3-2-4-9(11)13-10(8-18)14(15)17(16-13)7-6-12(19)20/h2-5,8H,6-7,15H2,1H3,(H,19,20). The van der Waals surface area contributed by atoms with Crippen LogP contribution in [0.1, 0.15) is 16.8 Å². The lowest BCUT2D eigenvalue weighted by atomic mass is 10.1. The van der Waals surface area contributed by atoms with Crippen LogP contribution < -0.4 is 10.5 Å². The average Bonchev–Trinajstić information content (AvgIpc) is 2.81. The summed E-state index contributed by atoms with van der Waals surface area (Å²) in [5.74, 6) is -0.257. The number of hydrogen-bond donors (Lipinski definition) is 2. The van der Waals surface area contributed by atoms with Crippen molar-refractivity contribution in [2.75, 3.05) is 12.8 Å². The first-order valence-corrected chi connectivity index (χ1v) is 6.25. The number of carboxylic acid groups (broad SMARTS) is 1. The quantitative estimate of drug-likeness (QED) is 0.779. The number of rotatable bonds is 6. The smallest absolute Gasteiger partial charge is 0.305 e. The van der Waals surface area contributed by atoms with Crippen molar-refractivity contribution in [1.82, 2.24) is 9.78 Å². The van der Waals surface area contributed by atoms with E-state index < -0.39 is 5.97 Å². The van der Waals surface area contributed by atoms with Crippen molar-refractivity contribution in [1.29, 1.82) is 0 Å². The van der Waals surface area contributed by atoms with E-state index in [-0.39, 0.29) is 24.3 Å². The molecular formula is C14H15N3O4. The number of ether oxygens (including phenoxy) is 1. The Balaban J connectivity index is 2.50. The van der Waals surface area contributed by atoms with E-state index in [9.17, 15) is 9.59 Å². The van der Waals surface area contributed by atoms with Crippen LogP contribution in [0.15, 0.2) is 24.3 Å². The summed E-state index contributed by atoms with van der Waals surface area (Å²) in [6.45, 7) is 0.0944. The van der Waals surface area contributed by atoms with Gasteiger partial charge in [-0.1, -0.05) is 12.1 Å². The molecule has 0 aliphatic carbocycles. The molecule has 7 nitrogen and oxygen atoms in total. The van der Waals surface area contributed by atoms with Crippen LogP contribution in [-0.2, 0) is 11.3 Å². The van der Waals surface area contributed by atoms with E-state index in [2.05, 4.69) is 5.10 Å². The first kappa shape index (κ1) is 14.6. The Kier molecular flexibility index (Phi) is 4.22.